The van der Waals surface area contributed by atoms with E-state index >= 15 is 0 Å². The second-order valence-electron chi connectivity index (χ2n) is 11.9. The quantitative estimate of drug-likeness (QED) is 0.0928. The van der Waals surface area contributed by atoms with E-state index in [1.54, 1.807) is 0 Å². The summed E-state index contributed by atoms with van der Waals surface area (Å²) in [7, 11) is 0. The lowest BCUT2D eigenvalue weighted by atomic mass is 9.95. The number of nitrogens with zero attached hydrogens (tertiary/aromatic N) is 2. The molecule has 3 heteroatoms. The first-order chi connectivity index (χ1) is 23.9. The van der Waals surface area contributed by atoms with Crippen molar-refractivity contribution in [2.45, 2.75) is 47.6 Å². The van der Waals surface area contributed by atoms with Crippen LogP contribution in [0.5, 0.6) is 0 Å². The lowest BCUT2D eigenvalue weighted by Crippen LogP contribution is -2.02. The van der Waals surface area contributed by atoms with Gasteiger partial charge < -0.3 is 5.41 Å². The molecule has 0 spiro atoms. The molecule has 0 radical (unpaired) electrons. The maximum absolute atomic E-state index is 7.69. The summed E-state index contributed by atoms with van der Waals surface area (Å²) in [5.41, 5.74) is 13.4. The van der Waals surface area contributed by atoms with Gasteiger partial charge in [0.25, 0.3) is 0 Å². The van der Waals surface area contributed by atoms with E-state index in [2.05, 4.69) is 140 Å². The first kappa shape index (κ1) is 34.7. The topological polar surface area (TPSA) is 39.2 Å². The Morgan fingerprint density at radius 1 is 0.735 bits per heavy atom. The predicted octanol–water partition coefficient (Wildman–Crippen LogP) is 12.7. The smallest absolute Gasteiger partial charge is 0.227 e. The Bertz CT molecular complexity index is 2150. The molecule has 0 atom stereocenters. The monoisotopic (exact) mass is 640 g/mol. The summed E-state index contributed by atoms with van der Waals surface area (Å²) in [6.07, 6.45) is 15.6. The van der Waals surface area contributed by atoms with Crippen molar-refractivity contribution < 1.29 is 0 Å². The fourth-order valence-corrected chi connectivity index (χ4v) is 6.26. The van der Waals surface area contributed by atoms with Gasteiger partial charge in [-0.3, -0.25) is 4.99 Å². The van der Waals surface area contributed by atoms with Crippen molar-refractivity contribution >= 4 is 45.9 Å². The second kappa shape index (κ2) is 16.0. The minimum Gasteiger partial charge on any atom is -0.308 e. The van der Waals surface area contributed by atoms with E-state index in [0.29, 0.717) is 0 Å². The van der Waals surface area contributed by atoms with E-state index in [1.807, 2.05) is 52.0 Å². The van der Waals surface area contributed by atoms with Crippen LogP contribution in [0, 0.1) is 5.41 Å². The maximum atomic E-state index is 7.69. The highest BCUT2D eigenvalue weighted by atomic mass is 15.0. The summed E-state index contributed by atoms with van der Waals surface area (Å²) >= 11 is 0. The average molecular weight is 641 g/mol. The van der Waals surface area contributed by atoms with Gasteiger partial charge in [-0.15, -0.1) is 0 Å². The van der Waals surface area contributed by atoms with Gasteiger partial charge in [0.2, 0.25) is 11.4 Å². The summed E-state index contributed by atoms with van der Waals surface area (Å²) in [5.74, 6) is 0. The molecule has 1 aliphatic heterocycles. The summed E-state index contributed by atoms with van der Waals surface area (Å²) in [4.78, 5) is 4.78. The van der Waals surface area contributed by atoms with Crippen LogP contribution in [0.3, 0.4) is 0 Å². The zero-order valence-corrected chi connectivity index (χ0v) is 29.5. The molecule has 0 saturated heterocycles. The average Bonchev–Trinajstić information content (AvgIpc) is 3.46. The molecule has 5 aromatic carbocycles. The van der Waals surface area contributed by atoms with E-state index in [4.69, 9.17) is 10.4 Å². The summed E-state index contributed by atoms with van der Waals surface area (Å²) in [6, 6.07) is 35.3. The van der Waals surface area contributed by atoms with E-state index in [1.165, 1.54) is 39.4 Å². The molecule has 0 unspecified atom stereocenters. The summed E-state index contributed by atoms with van der Waals surface area (Å²) in [5, 5.41) is 10.1. The highest BCUT2D eigenvalue weighted by molar-refractivity contribution is 6.11. The largest absolute Gasteiger partial charge is 0.308 e. The van der Waals surface area contributed by atoms with Crippen molar-refractivity contribution in [2.75, 3.05) is 0 Å². The lowest BCUT2D eigenvalue weighted by Gasteiger charge is -2.08. The van der Waals surface area contributed by atoms with Gasteiger partial charge in [-0.1, -0.05) is 105 Å². The van der Waals surface area contributed by atoms with Gasteiger partial charge in [0, 0.05) is 30.0 Å². The fourth-order valence-electron chi connectivity index (χ4n) is 6.26. The molecule has 1 aliphatic rings. The van der Waals surface area contributed by atoms with Gasteiger partial charge >= 0.3 is 0 Å². The molecule has 6 rings (SSSR count). The zero-order valence-electron chi connectivity index (χ0n) is 29.5. The number of rotatable bonds is 9. The Balaban J connectivity index is 0.00000230. The van der Waals surface area contributed by atoms with Crippen molar-refractivity contribution in [3.05, 3.63) is 151 Å². The molecule has 0 saturated carbocycles. The molecule has 0 fully saturated rings. The molecule has 0 bridgehead atoms. The highest BCUT2D eigenvalue weighted by Gasteiger charge is 2.33. The van der Waals surface area contributed by atoms with Crippen LogP contribution in [-0.2, 0) is 0 Å². The van der Waals surface area contributed by atoms with Gasteiger partial charge in [-0.25, -0.2) is 0 Å². The minimum atomic E-state index is 0.195. The van der Waals surface area contributed by atoms with Crippen molar-refractivity contribution in [1.29, 1.82) is 5.41 Å². The zero-order chi connectivity index (χ0) is 34.9. The normalized spacial score (nSPS) is 13.6. The summed E-state index contributed by atoms with van der Waals surface area (Å²) < 4.78 is 2.33. The number of fused-ring (bicyclic) bond motifs is 5. The number of hydrogen-bond donors (Lipinski definition) is 1. The van der Waals surface area contributed by atoms with Gasteiger partial charge in [0.05, 0.1) is 22.2 Å². The number of nitrogens with one attached hydrogen (secondary N) is 1. The Morgan fingerprint density at radius 2 is 1.43 bits per heavy atom. The Kier molecular flexibility index (Phi) is 11.3. The molecule has 5 aromatic rings. The van der Waals surface area contributed by atoms with Crippen molar-refractivity contribution in [2.24, 2.45) is 4.99 Å². The van der Waals surface area contributed by atoms with Crippen LogP contribution in [0.2, 0.25) is 0 Å². The summed E-state index contributed by atoms with van der Waals surface area (Å²) in [6.45, 7) is 16.2. The first-order valence-electron chi connectivity index (χ1n) is 17.2. The van der Waals surface area contributed by atoms with Crippen molar-refractivity contribution in [3.63, 3.8) is 0 Å². The molecule has 49 heavy (non-hydrogen) atoms. The Labute approximate surface area is 292 Å². The lowest BCUT2D eigenvalue weighted by molar-refractivity contribution is 0.837. The van der Waals surface area contributed by atoms with Gasteiger partial charge in [-0.2, -0.15) is 4.58 Å². The minimum absolute atomic E-state index is 0.195. The number of hydrogen-bond acceptors (Lipinski definition) is 2. The molecule has 0 amide bonds. The fraction of sp³-hybridized carbons (Fsp3) is 0.152. The van der Waals surface area contributed by atoms with Crippen LogP contribution >= 0.6 is 0 Å². The van der Waals surface area contributed by atoms with Crippen LogP contribution in [0.1, 0.15) is 52.7 Å². The van der Waals surface area contributed by atoms with E-state index < -0.39 is 0 Å². The third-order valence-electron chi connectivity index (χ3n) is 8.53. The highest BCUT2D eigenvalue weighted by Crippen LogP contribution is 2.49. The molecule has 3 nitrogen and oxygen atoms in total. The van der Waals surface area contributed by atoms with Crippen LogP contribution < -0.4 is 4.58 Å². The Morgan fingerprint density at radius 3 is 2.12 bits per heavy atom. The number of benzene rings is 5. The molecule has 0 aromatic heterocycles. The third-order valence-corrected chi connectivity index (χ3v) is 8.53. The molecule has 1 heterocycles. The first-order valence-corrected chi connectivity index (χ1v) is 17.2. The maximum Gasteiger partial charge on any atom is 0.227 e. The molecule has 0 aliphatic carbocycles. The molecular weight excluding hydrogens is 595 g/mol. The standard InChI is InChI=1S/C44H40N3.C2H6/c1-6-9-10-11-25-47-43-28-36(34-13-12-14-38(27-34)42(8-3)46-30(4)5)20-23-40(43)41-24-21-37-26-35(19-22-39(37)44(41)47)33-17-15-32(16-18-33)31(7-2)29-45;1-2/h6-30,45H,3H2,1-2,4-5H3;1-2H3/q+1;/b9-6-,11-10-,31-7+,45-29?,46-42?,47-25?;. The molecular formula is C46H46N3+. The molecule has 1 N–H and O–H groups in total. The van der Waals surface area contributed by atoms with Gasteiger partial charge in [0.15, 0.2) is 6.21 Å². The van der Waals surface area contributed by atoms with E-state index in [-0.39, 0.29) is 6.04 Å². The van der Waals surface area contributed by atoms with Crippen LogP contribution in [-0.4, -0.2) is 24.2 Å². The molecule has 244 valence electrons. The van der Waals surface area contributed by atoms with Crippen LogP contribution in [0.15, 0.2) is 145 Å². The Hall–Kier alpha value is -5.67. The number of aliphatic imine (C=N–C) groups is 1. The predicted molar refractivity (Wildman–Crippen MR) is 217 cm³/mol. The van der Waals surface area contributed by atoms with E-state index in [9.17, 15) is 0 Å². The van der Waals surface area contributed by atoms with Gasteiger partial charge in [0.1, 0.15) is 0 Å². The SMILES string of the molecule is C=CC(=NC(C)C)c1cccc(-c2ccc3c(c2)[N+](=C/C=C\C=C/C)c2c-3ccc3cc(-c4ccc(/C(C=N)=C/C)cc4)ccc23)c1.CC. The number of allylic oxidation sites excluding steroid dienone is 7. The van der Waals surface area contributed by atoms with E-state index in [0.717, 1.165) is 44.8 Å². The van der Waals surface area contributed by atoms with Crippen molar-refractivity contribution in [1.82, 2.24) is 4.58 Å². The van der Waals surface area contributed by atoms with Crippen molar-refractivity contribution in [3.8, 4) is 33.4 Å². The van der Waals surface area contributed by atoms with Crippen LogP contribution in [0.4, 0.5) is 11.4 Å². The third kappa shape index (κ3) is 7.27. The second-order valence-corrected chi connectivity index (χ2v) is 11.9. The van der Waals surface area contributed by atoms with Crippen LogP contribution in [0.25, 0.3) is 49.7 Å². The van der Waals surface area contributed by atoms with Gasteiger partial charge in [-0.05, 0) is 103 Å².